The van der Waals surface area contributed by atoms with Crippen LogP contribution in [0.1, 0.15) is 11.1 Å². The first kappa shape index (κ1) is 22.0. The predicted molar refractivity (Wildman–Crippen MR) is 115 cm³/mol. The average molecular weight is 488 g/mol. The fourth-order valence-corrected chi connectivity index (χ4v) is 3.23. The molecule has 31 heavy (non-hydrogen) atoms. The van der Waals surface area contributed by atoms with Crippen molar-refractivity contribution >= 4 is 51.5 Å². The second kappa shape index (κ2) is 9.43. The van der Waals surface area contributed by atoms with Crippen molar-refractivity contribution in [2.24, 2.45) is 0 Å². The smallest absolute Gasteiger partial charge is 0.329 e. The number of carbonyl (C=O) groups is 4. The molecule has 0 atom stereocenters. The number of aryl methyl sites for hydroxylation is 1. The van der Waals surface area contributed by atoms with Crippen molar-refractivity contribution in [3.8, 4) is 5.75 Å². The number of aliphatic carboxylic acids is 1. The molecule has 0 radical (unpaired) electrons. The molecule has 0 unspecified atom stereocenters. The summed E-state index contributed by atoms with van der Waals surface area (Å²) in [6.07, 6.45) is 1.42. The molecule has 9 nitrogen and oxygen atoms in total. The van der Waals surface area contributed by atoms with Crippen molar-refractivity contribution in [3.05, 3.63) is 63.8 Å². The van der Waals surface area contributed by atoms with E-state index in [0.717, 1.165) is 5.56 Å². The number of halogens is 1. The number of hydrogen-bond donors (Lipinski definition) is 3. The Kier molecular flexibility index (Phi) is 6.71. The lowest BCUT2D eigenvalue weighted by Crippen LogP contribution is -2.35. The molecule has 4 amide bonds. The van der Waals surface area contributed by atoms with Crippen LogP contribution >= 0.6 is 15.9 Å². The number of benzene rings is 2. The van der Waals surface area contributed by atoms with E-state index in [1.165, 1.54) is 6.08 Å². The molecule has 1 saturated heterocycles. The molecule has 0 bridgehead atoms. The average Bonchev–Trinajstić information content (AvgIpc) is 2.96. The molecule has 2 aromatic carbocycles. The van der Waals surface area contributed by atoms with Crippen molar-refractivity contribution in [2.75, 3.05) is 18.5 Å². The van der Waals surface area contributed by atoms with Crippen LogP contribution in [0, 0.1) is 6.92 Å². The van der Waals surface area contributed by atoms with E-state index in [2.05, 4.69) is 26.6 Å². The summed E-state index contributed by atoms with van der Waals surface area (Å²) in [5, 5.41) is 13.9. The first-order valence-electron chi connectivity index (χ1n) is 9.08. The van der Waals surface area contributed by atoms with Crippen LogP contribution in [-0.2, 0) is 14.4 Å². The van der Waals surface area contributed by atoms with E-state index in [4.69, 9.17) is 9.84 Å². The van der Waals surface area contributed by atoms with Gasteiger partial charge in [-0.05, 0) is 58.8 Å². The minimum atomic E-state index is -1.29. The Morgan fingerprint density at radius 2 is 1.90 bits per heavy atom. The number of anilines is 1. The van der Waals surface area contributed by atoms with Crippen molar-refractivity contribution in [3.63, 3.8) is 0 Å². The lowest BCUT2D eigenvalue weighted by atomic mass is 10.2. The summed E-state index contributed by atoms with van der Waals surface area (Å²) in [5.41, 5.74) is 2.27. The number of urea groups is 1. The van der Waals surface area contributed by atoms with Gasteiger partial charge in [0, 0.05) is 5.69 Å². The molecular weight excluding hydrogens is 470 g/mol. The normalized spacial score (nSPS) is 14.5. The number of nitrogens with zero attached hydrogens (tertiary/aromatic N) is 1. The minimum Gasteiger partial charge on any atom is -0.483 e. The fourth-order valence-electron chi connectivity index (χ4n) is 2.72. The third-order valence-corrected chi connectivity index (χ3v) is 4.84. The van der Waals surface area contributed by atoms with Crippen molar-refractivity contribution in [2.45, 2.75) is 6.92 Å². The maximum Gasteiger partial charge on any atom is 0.329 e. The van der Waals surface area contributed by atoms with Gasteiger partial charge >= 0.3 is 12.0 Å². The Morgan fingerprint density at radius 1 is 1.19 bits per heavy atom. The molecule has 2 aromatic rings. The SMILES string of the molecule is Cc1ccc(NC(=O)COc2ccc(/C=C3/NC(=O)N(CC(=O)O)C3=O)cc2Br)cc1. The van der Waals surface area contributed by atoms with Gasteiger partial charge in [-0.1, -0.05) is 23.8 Å². The molecule has 1 heterocycles. The number of imide groups is 1. The Balaban J connectivity index is 1.62. The molecule has 0 aliphatic carbocycles. The minimum absolute atomic E-state index is 0.0377. The molecule has 10 heteroatoms. The zero-order valence-electron chi connectivity index (χ0n) is 16.3. The van der Waals surface area contributed by atoms with Crippen LogP contribution in [0.15, 0.2) is 52.6 Å². The van der Waals surface area contributed by atoms with Crippen molar-refractivity contribution in [1.82, 2.24) is 10.2 Å². The fraction of sp³-hybridized carbons (Fsp3) is 0.143. The highest BCUT2D eigenvalue weighted by atomic mass is 79.9. The van der Waals surface area contributed by atoms with Crippen LogP contribution in [0.25, 0.3) is 6.08 Å². The van der Waals surface area contributed by atoms with Gasteiger partial charge < -0.3 is 20.5 Å². The Labute approximate surface area is 185 Å². The summed E-state index contributed by atoms with van der Waals surface area (Å²) in [6.45, 7) is 1.03. The standard InChI is InChI=1S/C21H18BrN3O6/c1-12-2-5-14(6-3-12)23-18(26)11-31-17-7-4-13(8-15(17)22)9-16-20(29)25(10-19(27)28)21(30)24-16/h2-9H,10-11H2,1H3,(H,23,26)(H,24,30)(H,27,28)/b16-9+. The van der Waals surface area contributed by atoms with Gasteiger partial charge in [0.1, 0.15) is 18.0 Å². The molecule has 1 fully saturated rings. The van der Waals surface area contributed by atoms with Crippen LogP contribution in [0.4, 0.5) is 10.5 Å². The quantitative estimate of drug-likeness (QED) is 0.407. The van der Waals surface area contributed by atoms with Gasteiger partial charge in [0.15, 0.2) is 6.61 Å². The molecule has 0 saturated carbocycles. The third kappa shape index (κ3) is 5.70. The van der Waals surface area contributed by atoms with Crippen LogP contribution < -0.4 is 15.4 Å². The van der Waals surface area contributed by atoms with E-state index in [1.807, 2.05) is 19.1 Å². The number of amides is 4. The number of rotatable bonds is 7. The van der Waals surface area contributed by atoms with E-state index >= 15 is 0 Å². The van der Waals surface area contributed by atoms with Crippen molar-refractivity contribution in [1.29, 1.82) is 0 Å². The monoisotopic (exact) mass is 487 g/mol. The second-order valence-corrected chi connectivity index (χ2v) is 7.52. The van der Waals surface area contributed by atoms with E-state index in [-0.39, 0.29) is 18.2 Å². The maximum absolute atomic E-state index is 12.2. The number of carboxylic acids is 1. The van der Waals surface area contributed by atoms with Gasteiger partial charge in [0.25, 0.3) is 11.8 Å². The molecular formula is C21H18BrN3O6. The molecule has 0 aromatic heterocycles. The van der Waals surface area contributed by atoms with Gasteiger partial charge in [-0.2, -0.15) is 0 Å². The summed E-state index contributed by atoms with van der Waals surface area (Å²) in [4.78, 5) is 47.4. The predicted octanol–water partition coefficient (Wildman–Crippen LogP) is 2.75. The molecule has 1 aliphatic heterocycles. The van der Waals surface area contributed by atoms with Gasteiger partial charge in [0.2, 0.25) is 0 Å². The third-order valence-electron chi connectivity index (χ3n) is 4.22. The van der Waals surface area contributed by atoms with Crippen LogP contribution in [0.5, 0.6) is 5.75 Å². The van der Waals surface area contributed by atoms with Gasteiger partial charge in [-0.3, -0.25) is 14.4 Å². The Morgan fingerprint density at radius 3 is 2.55 bits per heavy atom. The zero-order chi connectivity index (χ0) is 22.5. The highest BCUT2D eigenvalue weighted by molar-refractivity contribution is 9.10. The molecule has 3 N–H and O–H groups in total. The number of hydrogen-bond acceptors (Lipinski definition) is 5. The first-order valence-corrected chi connectivity index (χ1v) is 9.87. The van der Waals surface area contributed by atoms with Gasteiger partial charge in [-0.25, -0.2) is 9.69 Å². The number of nitrogens with one attached hydrogen (secondary N) is 2. The lowest BCUT2D eigenvalue weighted by Gasteiger charge is -2.10. The molecule has 1 aliphatic rings. The van der Waals surface area contributed by atoms with E-state index in [9.17, 15) is 19.2 Å². The van der Waals surface area contributed by atoms with Crippen LogP contribution in [0.2, 0.25) is 0 Å². The summed E-state index contributed by atoms with van der Waals surface area (Å²) in [7, 11) is 0. The molecule has 3 rings (SSSR count). The topological polar surface area (TPSA) is 125 Å². The van der Waals surface area contributed by atoms with E-state index < -0.39 is 24.5 Å². The van der Waals surface area contributed by atoms with Crippen molar-refractivity contribution < 1.29 is 29.0 Å². The Hall–Kier alpha value is -3.66. The number of carbonyl (C=O) groups excluding carboxylic acids is 3. The zero-order valence-corrected chi connectivity index (χ0v) is 17.9. The highest BCUT2D eigenvalue weighted by Crippen LogP contribution is 2.27. The second-order valence-electron chi connectivity index (χ2n) is 6.67. The van der Waals surface area contributed by atoms with Crippen LogP contribution in [0.3, 0.4) is 0 Å². The number of carboxylic acid groups (broad SMARTS) is 1. The maximum atomic E-state index is 12.2. The van der Waals surface area contributed by atoms with Crippen LogP contribution in [-0.4, -0.2) is 47.0 Å². The van der Waals surface area contributed by atoms with E-state index in [1.54, 1.807) is 30.3 Å². The molecule has 0 spiro atoms. The lowest BCUT2D eigenvalue weighted by molar-refractivity contribution is -0.140. The highest BCUT2D eigenvalue weighted by Gasteiger charge is 2.34. The summed E-state index contributed by atoms with van der Waals surface area (Å²) in [5.74, 6) is -1.92. The first-order chi connectivity index (χ1) is 14.7. The van der Waals surface area contributed by atoms with Gasteiger partial charge in [-0.15, -0.1) is 0 Å². The summed E-state index contributed by atoms with van der Waals surface area (Å²) in [6, 6.07) is 11.4. The van der Waals surface area contributed by atoms with E-state index in [0.29, 0.717) is 26.4 Å². The number of ether oxygens (including phenoxy) is 1. The largest absolute Gasteiger partial charge is 0.483 e. The summed E-state index contributed by atoms with van der Waals surface area (Å²) >= 11 is 3.35. The Bertz CT molecular complexity index is 1080. The molecule has 160 valence electrons. The summed E-state index contributed by atoms with van der Waals surface area (Å²) < 4.78 is 6.06. The van der Waals surface area contributed by atoms with Gasteiger partial charge in [0.05, 0.1) is 4.47 Å².